The molecule has 2 amide bonds. The fourth-order valence-electron chi connectivity index (χ4n) is 4.65. The number of amides is 2. The molecule has 2 atom stereocenters. The van der Waals surface area contributed by atoms with Crippen LogP contribution in [0.15, 0.2) is 53.4 Å². The third-order valence-electron chi connectivity index (χ3n) is 6.51. The van der Waals surface area contributed by atoms with Gasteiger partial charge in [-0.1, -0.05) is 37.1 Å². The molecule has 2 aromatic rings. The molecule has 2 aliphatic rings. The molecule has 1 heterocycles. The average molecular weight is 497 g/mol. The third-order valence-corrected chi connectivity index (χ3v) is 7.91. The van der Waals surface area contributed by atoms with Crippen molar-refractivity contribution < 1.29 is 18.7 Å². The van der Waals surface area contributed by atoms with Crippen molar-refractivity contribution in [3.05, 3.63) is 75.9 Å². The fraction of sp³-hybridized carbons (Fsp3) is 0.429. The highest BCUT2D eigenvalue weighted by Gasteiger charge is 2.40. The Morgan fingerprint density at radius 1 is 1.14 bits per heavy atom. The molecule has 0 spiro atoms. The molecule has 5 nitrogen and oxygen atoms in total. The summed E-state index contributed by atoms with van der Waals surface area (Å²) in [5, 5.41) is 3.28. The van der Waals surface area contributed by atoms with E-state index in [2.05, 4.69) is 5.32 Å². The van der Waals surface area contributed by atoms with E-state index >= 15 is 0 Å². The van der Waals surface area contributed by atoms with Crippen LogP contribution in [0.3, 0.4) is 0 Å². The number of fused-ring (bicyclic) bond motifs is 1. The molecule has 0 radical (unpaired) electrons. The van der Waals surface area contributed by atoms with Crippen LogP contribution in [-0.2, 0) is 16.1 Å². The number of benzene rings is 2. The Hall–Kier alpha value is -2.64. The van der Waals surface area contributed by atoms with Crippen molar-refractivity contribution in [2.75, 3.05) is 19.8 Å². The number of nitrogens with one attached hydrogen (secondary N) is 1. The van der Waals surface area contributed by atoms with Gasteiger partial charge in [-0.25, -0.2) is 4.39 Å². The predicted molar refractivity (Wildman–Crippen MR) is 138 cm³/mol. The maximum Gasteiger partial charge on any atom is 0.260 e. The van der Waals surface area contributed by atoms with Crippen molar-refractivity contribution in [1.29, 1.82) is 0 Å². The standard InChI is InChI=1S/C28H33FN2O3S/c1-2-34-17-5-16-30-27(32)22-12-8-20(9-13-22)18-26-28(33)31(19-21-10-14-23(29)15-11-21)24-6-3-4-7-25(24)35-26/h8-15,18,24-25H,2-7,16-17,19H2,1H3,(H,30,32)/b26-18-. The number of carbonyl (C=O) groups is 2. The summed E-state index contributed by atoms with van der Waals surface area (Å²) in [4.78, 5) is 28.6. The smallest absolute Gasteiger partial charge is 0.260 e. The van der Waals surface area contributed by atoms with Crippen LogP contribution in [-0.4, -0.2) is 47.8 Å². The topological polar surface area (TPSA) is 58.6 Å². The van der Waals surface area contributed by atoms with Gasteiger partial charge in [-0.2, -0.15) is 0 Å². The summed E-state index contributed by atoms with van der Waals surface area (Å²) in [6.07, 6.45) is 7.10. The van der Waals surface area contributed by atoms with Crippen molar-refractivity contribution >= 4 is 29.7 Å². The van der Waals surface area contributed by atoms with Gasteiger partial charge >= 0.3 is 0 Å². The average Bonchev–Trinajstić information content (AvgIpc) is 2.88. The highest BCUT2D eigenvalue weighted by molar-refractivity contribution is 8.04. The monoisotopic (exact) mass is 496 g/mol. The molecule has 2 aromatic carbocycles. The van der Waals surface area contributed by atoms with Crippen molar-refractivity contribution in [2.45, 2.75) is 56.9 Å². The molecular weight excluding hydrogens is 463 g/mol. The van der Waals surface area contributed by atoms with Gasteiger partial charge in [0.1, 0.15) is 5.82 Å². The summed E-state index contributed by atoms with van der Waals surface area (Å²) in [6.45, 7) is 4.32. The first-order valence-corrected chi connectivity index (χ1v) is 13.3. The van der Waals surface area contributed by atoms with E-state index in [9.17, 15) is 14.0 Å². The van der Waals surface area contributed by atoms with Crippen LogP contribution < -0.4 is 5.32 Å². The maximum absolute atomic E-state index is 13.5. The van der Waals surface area contributed by atoms with Gasteiger partial charge in [-0.15, -0.1) is 11.8 Å². The van der Waals surface area contributed by atoms with Gasteiger partial charge in [0.2, 0.25) is 0 Å². The van der Waals surface area contributed by atoms with Crippen molar-refractivity contribution in [1.82, 2.24) is 10.2 Å². The number of nitrogens with zero attached hydrogens (tertiary/aromatic N) is 1. The minimum Gasteiger partial charge on any atom is -0.382 e. The van der Waals surface area contributed by atoms with Crippen LogP contribution in [0.25, 0.3) is 6.08 Å². The zero-order valence-corrected chi connectivity index (χ0v) is 21.0. The number of carbonyl (C=O) groups excluding carboxylic acids is 2. The minimum atomic E-state index is -0.270. The molecule has 35 heavy (non-hydrogen) atoms. The van der Waals surface area contributed by atoms with E-state index in [1.54, 1.807) is 36.0 Å². The zero-order chi connectivity index (χ0) is 24.6. The van der Waals surface area contributed by atoms with Crippen molar-refractivity contribution in [2.24, 2.45) is 0 Å². The summed E-state index contributed by atoms with van der Waals surface area (Å²) < 4.78 is 18.7. The quantitative estimate of drug-likeness (QED) is 0.373. The molecule has 2 unspecified atom stereocenters. The first-order chi connectivity index (χ1) is 17.0. The van der Waals surface area contributed by atoms with E-state index in [1.165, 1.54) is 18.6 Å². The lowest BCUT2D eigenvalue weighted by Crippen LogP contribution is -2.50. The highest BCUT2D eigenvalue weighted by Crippen LogP contribution is 2.42. The molecule has 0 aromatic heterocycles. The molecule has 2 fully saturated rings. The van der Waals surface area contributed by atoms with Crippen LogP contribution in [0.1, 0.15) is 60.5 Å². The Balaban J connectivity index is 1.45. The van der Waals surface area contributed by atoms with E-state index in [4.69, 9.17) is 4.74 Å². The Bertz CT molecular complexity index is 1040. The molecule has 1 saturated heterocycles. The first kappa shape index (κ1) is 25.5. The van der Waals surface area contributed by atoms with Gasteiger partial charge in [0.25, 0.3) is 11.8 Å². The number of thioether (sulfide) groups is 1. The lowest BCUT2D eigenvalue weighted by molar-refractivity contribution is -0.130. The third kappa shape index (κ3) is 6.73. The summed E-state index contributed by atoms with van der Waals surface area (Å²) in [5.74, 6) is -0.356. The molecular formula is C28H33FN2O3S. The van der Waals surface area contributed by atoms with Gasteiger partial charge in [-0.05, 0) is 67.7 Å². The van der Waals surface area contributed by atoms with E-state index in [0.717, 1.165) is 41.7 Å². The molecule has 1 aliphatic carbocycles. The minimum absolute atomic E-state index is 0.0265. The number of halogens is 1. The first-order valence-electron chi connectivity index (χ1n) is 12.4. The second kappa shape index (κ2) is 12.4. The van der Waals surface area contributed by atoms with Gasteiger partial charge in [0.05, 0.1) is 4.91 Å². The Kier molecular flexibility index (Phi) is 8.99. The lowest BCUT2D eigenvalue weighted by Gasteiger charge is -2.44. The number of hydrogen-bond acceptors (Lipinski definition) is 4. The Morgan fingerprint density at radius 2 is 1.89 bits per heavy atom. The number of rotatable bonds is 9. The fourth-order valence-corrected chi connectivity index (χ4v) is 6.13. The van der Waals surface area contributed by atoms with Gasteiger partial charge in [-0.3, -0.25) is 9.59 Å². The van der Waals surface area contributed by atoms with Gasteiger partial charge < -0.3 is 15.0 Å². The predicted octanol–water partition coefficient (Wildman–Crippen LogP) is 5.41. The van der Waals surface area contributed by atoms with Crippen LogP contribution in [0.5, 0.6) is 0 Å². The molecule has 186 valence electrons. The Labute approximate surface area is 211 Å². The summed E-state index contributed by atoms with van der Waals surface area (Å²) in [7, 11) is 0. The number of hydrogen-bond donors (Lipinski definition) is 1. The van der Waals surface area contributed by atoms with Gasteiger partial charge in [0.15, 0.2) is 0 Å². The summed E-state index contributed by atoms with van der Waals surface area (Å²) in [5.41, 5.74) is 2.42. The molecule has 1 saturated carbocycles. The van der Waals surface area contributed by atoms with Crippen LogP contribution in [0.2, 0.25) is 0 Å². The molecule has 1 N–H and O–H groups in total. The second-order valence-corrected chi connectivity index (χ2v) is 10.3. The molecule has 4 rings (SSSR count). The maximum atomic E-state index is 13.5. The zero-order valence-electron chi connectivity index (χ0n) is 20.2. The summed E-state index contributed by atoms with van der Waals surface area (Å²) >= 11 is 1.68. The SMILES string of the molecule is CCOCCCNC(=O)c1ccc(/C=C2\SC3CCCCC3N(Cc3ccc(F)cc3)C2=O)cc1. The highest BCUT2D eigenvalue weighted by atomic mass is 32.2. The normalized spacial score (nSPS) is 21.1. The lowest BCUT2D eigenvalue weighted by atomic mass is 9.92. The molecule has 1 aliphatic heterocycles. The van der Waals surface area contributed by atoms with Crippen LogP contribution >= 0.6 is 11.8 Å². The van der Waals surface area contributed by atoms with E-state index in [-0.39, 0.29) is 23.7 Å². The number of ether oxygens (including phenoxy) is 1. The largest absolute Gasteiger partial charge is 0.382 e. The van der Waals surface area contributed by atoms with Crippen LogP contribution in [0, 0.1) is 5.82 Å². The van der Waals surface area contributed by atoms with E-state index < -0.39 is 0 Å². The Morgan fingerprint density at radius 3 is 2.63 bits per heavy atom. The summed E-state index contributed by atoms with van der Waals surface area (Å²) in [6, 6.07) is 14.0. The van der Waals surface area contributed by atoms with E-state index in [0.29, 0.717) is 37.1 Å². The van der Waals surface area contributed by atoms with Gasteiger partial charge in [0, 0.05) is 43.2 Å². The second-order valence-electron chi connectivity index (χ2n) is 9.00. The molecule has 7 heteroatoms. The van der Waals surface area contributed by atoms with Crippen LogP contribution in [0.4, 0.5) is 4.39 Å². The molecule has 0 bridgehead atoms. The van der Waals surface area contributed by atoms with Crippen molar-refractivity contribution in [3.8, 4) is 0 Å². The van der Waals surface area contributed by atoms with Crippen molar-refractivity contribution in [3.63, 3.8) is 0 Å². The van der Waals surface area contributed by atoms with E-state index in [1.807, 2.05) is 30.0 Å².